The second-order valence-corrected chi connectivity index (χ2v) is 19.2. The minimum atomic E-state index is -0.909. The summed E-state index contributed by atoms with van der Waals surface area (Å²) >= 11 is 1.53. The number of likely N-dealkylation sites (tertiary alicyclic amines) is 1. The first-order valence-corrected chi connectivity index (χ1v) is 25.6. The highest BCUT2D eigenvalue weighted by molar-refractivity contribution is 7.13. The fourth-order valence-corrected chi connectivity index (χ4v) is 10.2. The third kappa shape index (κ3) is 12.4. The Bertz CT molecular complexity index is 3000. The molecule has 2 aliphatic rings. The third-order valence-electron chi connectivity index (χ3n) is 13.0. The first kappa shape index (κ1) is 51.1. The predicted octanol–water partition coefficient (Wildman–Crippen LogP) is 6.99. The number of fused-ring (bicyclic) bond motifs is 4. The number of aryl methyl sites for hydroxylation is 1. The third-order valence-corrected chi connectivity index (χ3v) is 14.0. The number of hydrogen-bond donors (Lipinski definition) is 3. The molecule has 3 aromatic carbocycles. The van der Waals surface area contributed by atoms with Crippen molar-refractivity contribution in [1.82, 2.24) is 35.1 Å². The standard InChI is InChI=1S/C55H61N7O10S/c1-35(2)51(62-32-41-6-4-5-7-43(41)54(62)65)55(66)61-33-42(63)28-48(61)53(64)58-30-40-9-8-38(52-36(3)59-34-73-52)27-49(40)71-24-22-69-20-18-67-16-17-68-19-21-70-23-25-72-50-13-11-39(29-57-50)37-10-12-44-45-31-56-15-14-46(45)60-47(44)26-37/h4-15,26-27,29,31,34-35,42,48,51,60,63H,16-25,28,30,32-33H2,1-3H3,(H,58,64)/t42-,48+,51?/m1/s1. The summed E-state index contributed by atoms with van der Waals surface area (Å²) in [7, 11) is 0. The van der Waals surface area contributed by atoms with Crippen molar-refractivity contribution in [1.29, 1.82) is 0 Å². The van der Waals surface area contributed by atoms with E-state index in [1.54, 1.807) is 22.7 Å². The average Bonchev–Trinajstić information content (AvgIpc) is 4.19. The molecule has 0 aliphatic carbocycles. The zero-order valence-corrected chi connectivity index (χ0v) is 42.1. The Morgan fingerprint density at radius 1 is 0.795 bits per heavy atom. The lowest BCUT2D eigenvalue weighted by Gasteiger charge is -2.35. The van der Waals surface area contributed by atoms with Crippen LogP contribution in [0.2, 0.25) is 0 Å². The summed E-state index contributed by atoms with van der Waals surface area (Å²) in [5.74, 6) is -0.0860. The van der Waals surface area contributed by atoms with E-state index in [2.05, 4.69) is 43.5 Å². The van der Waals surface area contributed by atoms with Gasteiger partial charge in [-0.05, 0) is 59.9 Å². The summed E-state index contributed by atoms with van der Waals surface area (Å²) in [4.78, 5) is 62.2. The fourth-order valence-electron chi connectivity index (χ4n) is 9.35. The molecule has 1 fully saturated rings. The average molecular weight is 1010 g/mol. The van der Waals surface area contributed by atoms with Gasteiger partial charge in [-0.1, -0.05) is 56.3 Å². The molecule has 3 N–H and O–H groups in total. The highest BCUT2D eigenvalue weighted by Crippen LogP contribution is 2.34. The second-order valence-electron chi connectivity index (χ2n) is 18.3. The van der Waals surface area contributed by atoms with Crippen molar-refractivity contribution < 1.29 is 47.9 Å². The molecule has 2 aliphatic heterocycles. The minimum Gasteiger partial charge on any atom is -0.491 e. The summed E-state index contributed by atoms with van der Waals surface area (Å²) in [6.07, 6.45) is 4.68. The zero-order valence-electron chi connectivity index (χ0n) is 41.3. The van der Waals surface area contributed by atoms with Crippen molar-refractivity contribution in [2.75, 3.05) is 72.6 Å². The topological polar surface area (TPSA) is 200 Å². The molecule has 0 spiro atoms. The molecule has 382 valence electrons. The summed E-state index contributed by atoms with van der Waals surface area (Å²) < 4.78 is 34.8. The van der Waals surface area contributed by atoms with Gasteiger partial charge in [-0.2, -0.15) is 0 Å². The number of carbonyl (C=O) groups is 3. The summed E-state index contributed by atoms with van der Waals surface area (Å²) in [5.41, 5.74) is 9.96. The van der Waals surface area contributed by atoms with E-state index < -0.39 is 24.1 Å². The predicted molar refractivity (Wildman–Crippen MR) is 276 cm³/mol. The molecular formula is C55H61N7O10S. The van der Waals surface area contributed by atoms with Crippen molar-refractivity contribution in [2.45, 2.75) is 58.5 Å². The van der Waals surface area contributed by atoms with Crippen molar-refractivity contribution in [3.05, 3.63) is 125 Å². The number of thiazole rings is 1. The van der Waals surface area contributed by atoms with Gasteiger partial charge in [0, 0.05) is 89.2 Å². The maximum absolute atomic E-state index is 14.2. The number of nitrogens with zero attached hydrogens (tertiary/aromatic N) is 5. The van der Waals surface area contributed by atoms with E-state index in [9.17, 15) is 19.5 Å². The second kappa shape index (κ2) is 24.3. The Morgan fingerprint density at radius 2 is 1.51 bits per heavy atom. The van der Waals surface area contributed by atoms with Gasteiger partial charge in [-0.3, -0.25) is 19.4 Å². The van der Waals surface area contributed by atoms with Gasteiger partial charge in [0.1, 0.15) is 31.0 Å². The van der Waals surface area contributed by atoms with Gasteiger partial charge in [0.15, 0.2) is 0 Å². The number of β-amino-alcohol motifs (C(OH)–C–C–N with tert-alkyl or cyclic N) is 1. The van der Waals surface area contributed by atoms with Crippen LogP contribution in [0.25, 0.3) is 43.4 Å². The number of nitrogens with one attached hydrogen (secondary N) is 2. The Morgan fingerprint density at radius 3 is 2.21 bits per heavy atom. The Balaban J connectivity index is 0.654. The number of aliphatic hydroxyl groups is 1. The number of benzene rings is 3. The van der Waals surface area contributed by atoms with E-state index in [1.165, 1.54) is 16.2 Å². The molecule has 7 aromatic rings. The number of rotatable bonds is 25. The van der Waals surface area contributed by atoms with Gasteiger partial charge >= 0.3 is 0 Å². The molecule has 0 saturated carbocycles. The van der Waals surface area contributed by atoms with Gasteiger partial charge < -0.3 is 53.6 Å². The number of H-pyrrole nitrogens is 1. The maximum atomic E-state index is 14.2. The van der Waals surface area contributed by atoms with Crippen molar-refractivity contribution >= 4 is 50.9 Å². The Hall–Kier alpha value is -6.80. The van der Waals surface area contributed by atoms with Crippen LogP contribution in [0.4, 0.5) is 0 Å². The number of hydrogen-bond acceptors (Lipinski definition) is 14. The van der Waals surface area contributed by atoms with Crippen molar-refractivity contribution in [2.24, 2.45) is 5.92 Å². The van der Waals surface area contributed by atoms with Crippen LogP contribution < -0.4 is 14.8 Å². The van der Waals surface area contributed by atoms with Crippen LogP contribution in [0.5, 0.6) is 11.6 Å². The van der Waals surface area contributed by atoms with Crippen LogP contribution in [-0.4, -0.2) is 143 Å². The normalized spacial score (nSPS) is 15.9. The largest absolute Gasteiger partial charge is 0.491 e. The highest BCUT2D eigenvalue weighted by Gasteiger charge is 2.46. The first-order valence-electron chi connectivity index (χ1n) is 24.7. The molecule has 9 rings (SSSR count). The number of pyridine rings is 2. The zero-order chi connectivity index (χ0) is 50.7. The summed E-state index contributed by atoms with van der Waals surface area (Å²) in [6, 6.07) is 23.6. The van der Waals surface area contributed by atoms with Crippen LogP contribution in [0.15, 0.2) is 103 Å². The van der Waals surface area contributed by atoms with Crippen LogP contribution in [0, 0.1) is 12.8 Å². The van der Waals surface area contributed by atoms with E-state index in [4.69, 9.17) is 28.4 Å². The Labute approximate surface area is 427 Å². The molecule has 18 heteroatoms. The summed E-state index contributed by atoms with van der Waals surface area (Å²) in [5, 5.41) is 16.0. The monoisotopic (exact) mass is 1010 g/mol. The van der Waals surface area contributed by atoms with E-state index in [0.717, 1.165) is 60.2 Å². The molecule has 3 amide bonds. The smallest absolute Gasteiger partial charge is 0.255 e. The lowest BCUT2D eigenvalue weighted by molar-refractivity contribution is -0.143. The van der Waals surface area contributed by atoms with Gasteiger partial charge in [-0.25, -0.2) is 9.97 Å². The SMILES string of the molecule is Cc1ncsc1-c1ccc(CNC(=O)[C@@H]2C[C@@H](O)CN2C(=O)C(C(C)C)N2Cc3ccccc3C2=O)c(OCCOCCOCCOCCOCCOc2ccc(-c3ccc4c(c3)[nH]c3ccncc34)cn2)c1. The van der Waals surface area contributed by atoms with Crippen LogP contribution >= 0.6 is 11.3 Å². The first-order chi connectivity index (χ1) is 35.6. The number of ether oxygens (including phenoxy) is 6. The Kier molecular flexibility index (Phi) is 17.0. The quantitative estimate of drug-likeness (QED) is 0.0496. The lowest BCUT2D eigenvalue weighted by atomic mass is 10.0. The number of aromatic amines is 1. The lowest BCUT2D eigenvalue weighted by Crippen LogP contribution is -2.55. The van der Waals surface area contributed by atoms with Crippen LogP contribution in [-0.2, 0) is 41.6 Å². The van der Waals surface area contributed by atoms with E-state index in [1.807, 2.05) is 87.8 Å². The number of carbonyl (C=O) groups excluding carboxylic acids is 3. The number of aliphatic hydroxyl groups excluding tert-OH is 1. The molecule has 4 aromatic heterocycles. The van der Waals surface area contributed by atoms with Crippen LogP contribution in [0.1, 0.15) is 47.4 Å². The highest BCUT2D eigenvalue weighted by atomic mass is 32.1. The van der Waals surface area contributed by atoms with Gasteiger partial charge in [-0.15, -0.1) is 11.3 Å². The van der Waals surface area contributed by atoms with Crippen molar-refractivity contribution in [3.8, 4) is 33.2 Å². The van der Waals surface area contributed by atoms with Crippen LogP contribution in [0.3, 0.4) is 0 Å². The molecule has 6 heterocycles. The molecule has 0 radical (unpaired) electrons. The summed E-state index contributed by atoms with van der Waals surface area (Å²) in [6.45, 7) is 9.91. The molecule has 73 heavy (non-hydrogen) atoms. The van der Waals surface area contributed by atoms with Gasteiger partial charge in [0.2, 0.25) is 17.7 Å². The minimum absolute atomic E-state index is 0.000280. The van der Waals surface area contributed by atoms with E-state index in [0.29, 0.717) is 83.2 Å². The molecule has 1 saturated heterocycles. The number of aromatic nitrogens is 4. The van der Waals surface area contributed by atoms with E-state index >= 15 is 0 Å². The molecule has 0 bridgehead atoms. The van der Waals surface area contributed by atoms with Gasteiger partial charge in [0.25, 0.3) is 5.91 Å². The molecule has 1 unspecified atom stereocenters. The van der Waals surface area contributed by atoms with E-state index in [-0.39, 0.29) is 43.8 Å². The van der Waals surface area contributed by atoms with Crippen molar-refractivity contribution in [3.63, 3.8) is 0 Å². The van der Waals surface area contributed by atoms with Gasteiger partial charge in [0.05, 0.1) is 75.0 Å². The molecule has 3 atom stereocenters. The maximum Gasteiger partial charge on any atom is 0.255 e. The fraction of sp³-hybridized carbons (Fsp3) is 0.382. The number of amides is 3. The molecular weight excluding hydrogens is 951 g/mol. The molecule has 17 nitrogen and oxygen atoms in total.